The number of aliphatic carboxylic acids is 1. The number of hydrogen-bond donors (Lipinski definition) is 5. The van der Waals surface area contributed by atoms with Gasteiger partial charge in [-0.15, -0.1) is 0 Å². The van der Waals surface area contributed by atoms with Crippen LogP contribution in [0, 0.1) is 0 Å². The van der Waals surface area contributed by atoms with Crippen molar-refractivity contribution in [2.45, 2.75) is 30.7 Å². The predicted molar refractivity (Wildman–Crippen MR) is 68.3 cm³/mol. The molecule has 1 aromatic carbocycles. The molecule has 1 saturated heterocycles. The molecule has 0 aromatic heterocycles. The third-order valence-corrected chi connectivity index (χ3v) is 3.17. The maximum absolute atomic E-state index is 10.9. The zero-order valence-electron chi connectivity index (χ0n) is 11.1. The summed E-state index contributed by atoms with van der Waals surface area (Å²) < 4.78 is 10.1. The summed E-state index contributed by atoms with van der Waals surface area (Å²) in [5.41, 5.74) is 0.0105. The lowest BCUT2D eigenvalue weighted by Gasteiger charge is -2.38. The minimum Gasteiger partial charge on any atom is -0.479 e. The van der Waals surface area contributed by atoms with E-state index in [1.165, 1.54) is 24.3 Å². The standard InChI is InChI=1S/C13H14O9/c14-7-8(15)10(12(19)20)22-13(9(7)16)21-6-3-1-5(2-4-6)11(17)18/h1-4,7-10,13-16H,(H,17,18)(H,19,20)/t7-,8-,9+,10-,13+/m0/s1. The molecule has 120 valence electrons. The van der Waals surface area contributed by atoms with Crippen molar-refractivity contribution in [2.24, 2.45) is 0 Å². The molecule has 0 spiro atoms. The van der Waals surface area contributed by atoms with Crippen LogP contribution >= 0.6 is 0 Å². The van der Waals surface area contributed by atoms with Gasteiger partial charge in [-0.3, -0.25) is 0 Å². The molecule has 0 bridgehead atoms. The zero-order valence-corrected chi connectivity index (χ0v) is 11.1. The number of rotatable bonds is 4. The van der Waals surface area contributed by atoms with Crippen LogP contribution < -0.4 is 4.74 Å². The van der Waals surface area contributed by atoms with Crippen LogP contribution in [0.3, 0.4) is 0 Å². The van der Waals surface area contributed by atoms with Gasteiger partial charge in [0.05, 0.1) is 5.56 Å². The minimum absolute atomic E-state index is 0.0105. The normalized spacial score (nSPS) is 31.5. The summed E-state index contributed by atoms with van der Waals surface area (Å²) >= 11 is 0. The third kappa shape index (κ3) is 3.17. The van der Waals surface area contributed by atoms with Gasteiger partial charge >= 0.3 is 11.9 Å². The van der Waals surface area contributed by atoms with Crippen LogP contribution in [0.1, 0.15) is 10.4 Å². The molecule has 0 saturated carbocycles. The van der Waals surface area contributed by atoms with Crippen LogP contribution in [-0.4, -0.2) is 68.2 Å². The van der Waals surface area contributed by atoms with E-state index in [0.717, 1.165) is 0 Å². The Kier molecular flexibility index (Phi) is 4.62. The molecule has 22 heavy (non-hydrogen) atoms. The van der Waals surface area contributed by atoms with Gasteiger partial charge in [0.2, 0.25) is 6.29 Å². The molecule has 1 aliphatic rings. The Bertz CT molecular complexity index is 555. The quantitative estimate of drug-likeness (QED) is 0.454. The Hall–Kier alpha value is -2.20. The van der Waals surface area contributed by atoms with Gasteiger partial charge in [0.25, 0.3) is 0 Å². The first-order chi connectivity index (χ1) is 10.3. The molecule has 1 fully saturated rings. The number of hydrogen-bond acceptors (Lipinski definition) is 7. The Balaban J connectivity index is 2.13. The molecule has 5 atom stereocenters. The van der Waals surface area contributed by atoms with E-state index < -0.39 is 42.6 Å². The van der Waals surface area contributed by atoms with E-state index in [-0.39, 0.29) is 11.3 Å². The summed E-state index contributed by atoms with van der Waals surface area (Å²) in [5, 5.41) is 46.6. The number of carboxylic acids is 2. The van der Waals surface area contributed by atoms with Gasteiger partial charge in [-0.2, -0.15) is 0 Å². The van der Waals surface area contributed by atoms with Gasteiger partial charge in [0, 0.05) is 0 Å². The molecule has 2 rings (SSSR count). The number of aromatic carboxylic acids is 1. The van der Waals surface area contributed by atoms with E-state index in [2.05, 4.69) is 0 Å². The molecule has 9 nitrogen and oxygen atoms in total. The Morgan fingerprint density at radius 2 is 1.55 bits per heavy atom. The van der Waals surface area contributed by atoms with E-state index in [0.29, 0.717) is 0 Å². The smallest absolute Gasteiger partial charge is 0.335 e. The molecule has 0 unspecified atom stereocenters. The lowest BCUT2D eigenvalue weighted by atomic mass is 9.99. The fourth-order valence-electron chi connectivity index (χ4n) is 1.96. The van der Waals surface area contributed by atoms with Crippen molar-refractivity contribution in [3.63, 3.8) is 0 Å². The van der Waals surface area contributed by atoms with Gasteiger partial charge in [-0.1, -0.05) is 0 Å². The van der Waals surface area contributed by atoms with Gasteiger partial charge in [-0.05, 0) is 24.3 Å². The molecule has 9 heteroatoms. The van der Waals surface area contributed by atoms with Crippen LogP contribution in [0.15, 0.2) is 24.3 Å². The predicted octanol–water partition coefficient (Wildman–Crippen LogP) is -1.34. The van der Waals surface area contributed by atoms with Crippen LogP contribution in [0.4, 0.5) is 0 Å². The second kappa shape index (κ2) is 6.28. The van der Waals surface area contributed by atoms with Gasteiger partial charge in [-0.25, -0.2) is 9.59 Å². The summed E-state index contributed by atoms with van der Waals surface area (Å²) in [6, 6.07) is 5.05. The van der Waals surface area contributed by atoms with Gasteiger partial charge < -0.3 is 35.0 Å². The van der Waals surface area contributed by atoms with Crippen molar-refractivity contribution in [1.29, 1.82) is 0 Å². The summed E-state index contributed by atoms with van der Waals surface area (Å²) in [6.07, 6.45) is -8.54. The van der Waals surface area contributed by atoms with Crippen LogP contribution in [-0.2, 0) is 9.53 Å². The zero-order chi connectivity index (χ0) is 16.4. The van der Waals surface area contributed by atoms with Crippen molar-refractivity contribution in [2.75, 3.05) is 0 Å². The topological polar surface area (TPSA) is 154 Å². The highest BCUT2D eigenvalue weighted by Crippen LogP contribution is 2.24. The highest BCUT2D eigenvalue weighted by atomic mass is 16.7. The van der Waals surface area contributed by atoms with Crippen molar-refractivity contribution in [1.82, 2.24) is 0 Å². The molecular weight excluding hydrogens is 300 g/mol. The molecule has 0 radical (unpaired) electrons. The molecule has 1 heterocycles. The average molecular weight is 314 g/mol. The van der Waals surface area contributed by atoms with Gasteiger partial charge in [0.1, 0.15) is 24.1 Å². The first kappa shape index (κ1) is 16.2. The van der Waals surface area contributed by atoms with E-state index >= 15 is 0 Å². The SMILES string of the molecule is O=C(O)c1ccc(O[C@@H]2O[C@H](C(=O)O)[C@@H](O)[C@H](O)[C@H]2O)cc1. The van der Waals surface area contributed by atoms with Crippen LogP contribution in [0.2, 0.25) is 0 Å². The van der Waals surface area contributed by atoms with Crippen molar-refractivity contribution >= 4 is 11.9 Å². The fourth-order valence-corrected chi connectivity index (χ4v) is 1.96. The lowest BCUT2D eigenvalue weighted by Crippen LogP contribution is -2.61. The average Bonchev–Trinajstić information content (AvgIpc) is 2.48. The van der Waals surface area contributed by atoms with Crippen molar-refractivity contribution in [3.05, 3.63) is 29.8 Å². The Morgan fingerprint density at radius 1 is 0.955 bits per heavy atom. The number of aliphatic hydroxyl groups excluding tert-OH is 3. The second-order valence-corrected chi connectivity index (χ2v) is 4.68. The largest absolute Gasteiger partial charge is 0.479 e. The van der Waals surface area contributed by atoms with Gasteiger partial charge in [0.15, 0.2) is 6.10 Å². The minimum atomic E-state index is -1.80. The number of carboxylic acid groups (broad SMARTS) is 2. The Labute approximate surface area is 124 Å². The summed E-state index contributed by atoms with van der Waals surface area (Å²) in [7, 11) is 0. The number of benzene rings is 1. The third-order valence-electron chi connectivity index (χ3n) is 3.17. The van der Waals surface area contributed by atoms with Crippen LogP contribution in [0.5, 0.6) is 5.75 Å². The van der Waals surface area contributed by atoms with E-state index in [1.807, 2.05) is 0 Å². The van der Waals surface area contributed by atoms with E-state index in [1.54, 1.807) is 0 Å². The summed E-state index contributed by atoms with van der Waals surface area (Å²) in [6.45, 7) is 0. The molecule has 5 N–H and O–H groups in total. The maximum atomic E-state index is 10.9. The molecule has 0 aliphatic carbocycles. The number of aliphatic hydroxyl groups is 3. The fraction of sp³-hybridized carbons (Fsp3) is 0.385. The molecule has 1 aromatic rings. The summed E-state index contributed by atoms with van der Waals surface area (Å²) in [4.78, 5) is 21.7. The maximum Gasteiger partial charge on any atom is 0.335 e. The highest BCUT2D eigenvalue weighted by molar-refractivity contribution is 5.87. The highest BCUT2D eigenvalue weighted by Gasteiger charge is 2.48. The second-order valence-electron chi connectivity index (χ2n) is 4.68. The summed E-state index contributed by atoms with van der Waals surface area (Å²) in [5.74, 6) is -2.56. The van der Waals surface area contributed by atoms with E-state index in [4.69, 9.17) is 19.7 Å². The lowest BCUT2D eigenvalue weighted by molar-refractivity contribution is -0.271. The molecule has 1 aliphatic heterocycles. The van der Waals surface area contributed by atoms with Crippen molar-refractivity contribution < 1.29 is 44.6 Å². The monoisotopic (exact) mass is 314 g/mol. The van der Waals surface area contributed by atoms with Crippen molar-refractivity contribution in [3.8, 4) is 5.75 Å². The number of ether oxygens (including phenoxy) is 2. The van der Waals surface area contributed by atoms with Crippen LogP contribution in [0.25, 0.3) is 0 Å². The first-order valence-corrected chi connectivity index (χ1v) is 6.23. The first-order valence-electron chi connectivity index (χ1n) is 6.23. The molecule has 0 amide bonds. The van der Waals surface area contributed by atoms with E-state index in [9.17, 15) is 24.9 Å². The number of carbonyl (C=O) groups is 2. The Morgan fingerprint density at radius 3 is 2.05 bits per heavy atom. The molecular formula is C13H14O9.